The second-order valence-corrected chi connectivity index (χ2v) is 18.5. The van der Waals surface area contributed by atoms with E-state index in [1.54, 1.807) is 0 Å². The third kappa shape index (κ3) is 53.3. The highest BCUT2D eigenvalue weighted by atomic mass is 16.6. The molecular formula is C62H104O6. The standard InChI is InChI=1S/C62H104O6/c1-4-7-10-13-16-19-22-25-28-30-31-33-34-37-40-43-46-49-52-55-61(64)67-58-59(57-66-60(63)54-51-48-45-42-39-36-27-24-21-18-15-12-9-6-3)68-62(65)56-53-50-47-44-41-38-35-32-29-26-23-20-17-14-11-8-5-2/h7,10,15-16,18-19,24-25,27-28,31,33,37,40,46,49,59H,4-6,8-9,11-14,17,20-23,26,29-30,32,34-36,38-39,41-45,47-48,50-58H2,1-3H3/b10-7+,18-15+,19-16+,27-24+,28-25+,33-31+,40-37+,49-46+/t59-/m1/s1. The van der Waals surface area contributed by atoms with Gasteiger partial charge in [0.05, 0.1) is 0 Å². The zero-order chi connectivity index (χ0) is 49.3. The zero-order valence-corrected chi connectivity index (χ0v) is 44.3. The number of hydrogen-bond acceptors (Lipinski definition) is 6. The summed E-state index contributed by atoms with van der Waals surface area (Å²) >= 11 is 0. The minimum Gasteiger partial charge on any atom is -0.462 e. The first-order valence-corrected chi connectivity index (χ1v) is 28.2. The van der Waals surface area contributed by atoms with Crippen LogP contribution in [0.25, 0.3) is 0 Å². The highest BCUT2D eigenvalue weighted by molar-refractivity contribution is 5.71. The summed E-state index contributed by atoms with van der Waals surface area (Å²) in [5.41, 5.74) is 0. The molecule has 0 aliphatic heterocycles. The third-order valence-electron chi connectivity index (χ3n) is 11.8. The number of esters is 3. The van der Waals surface area contributed by atoms with Crippen molar-refractivity contribution in [2.75, 3.05) is 13.2 Å². The molecule has 1 atom stereocenters. The lowest BCUT2D eigenvalue weighted by molar-refractivity contribution is -0.166. The van der Waals surface area contributed by atoms with E-state index in [0.717, 1.165) is 103 Å². The first-order valence-electron chi connectivity index (χ1n) is 28.2. The molecule has 0 spiro atoms. The maximum atomic E-state index is 12.8. The van der Waals surface area contributed by atoms with Gasteiger partial charge < -0.3 is 14.2 Å². The number of hydrogen-bond donors (Lipinski definition) is 0. The lowest BCUT2D eigenvalue weighted by Crippen LogP contribution is -2.30. The summed E-state index contributed by atoms with van der Waals surface area (Å²) in [5, 5.41) is 0. The Morgan fingerprint density at radius 1 is 0.309 bits per heavy atom. The van der Waals surface area contributed by atoms with Gasteiger partial charge in [-0.05, 0) is 83.5 Å². The number of rotatable bonds is 50. The normalized spacial score (nSPS) is 12.8. The van der Waals surface area contributed by atoms with Crippen LogP contribution < -0.4 is 0 Å². The summed E-state index contributed by atoms with van der Waals surface area (Å²) in [7, 11) is 0. The Bertz CT molecular complexity index is 1360. The molecule has 388 valence electrons. The van der Waals surface area contributed by atoms with E-state index < -0.39 is 6.10 Å². The largest absolute Gasteiger partial charge is 0.462 e. The first kappa shape index (κ1) is 64.3. The second kappa shape index (κ2) is 55.9. The molecule has 0 saturated heterocycles. The van der Waals surface area contributed by atoms with Crippen molar-refractivity contribution in [3.63, 3.8) is 0 Å². The minimum absolute atomic E-state index is 0.107. The van der Waals surface area contributed by atoms with Crippen LogP contribution in [0.3, 0.4) is 0 Å². The Morgan fingerprint density at radius 3 is 1.03 bits per heavy atom. The number of allylic oxidation sites excluding steroid dienone is 16. The lowest BCUT2D eigenvalue weighted by atomic mass is 10.0. The van der Waals surface area contributed by atoms with Gasteiger partial charge >= 0.3 is 17.9 Å². The van der Waals surface area contributed by atoms with Crippen LogP contribution in [0.15, 0.2) is 97.2 Å². The molecular weight excluding hydrogens is 841 g/mol. The van der Waals surface area contributed by atoms with Gasteiger partial charge in [-0.2, -0.15) is 0 Å². The van der Waals surface area contributed by atoms with E-state index >= 15 is 0 Å². The van der Waals surface area contributed by atoms with E-state index in [2.05, 4.69) is 112 Å². The fourth-order valence-corrected chi connectivity index (χ4v) is 7.60. The molecule has 0 rings (SSSR count). The van der Waals surface area contributed by atoms with Crippen molar-refractivity contribution in [3.05, 3.63) is 97.2 Å². The highest BCUT2D eigenvalue weighted by Crippen LogP contribution is 2.15. The monoisotopic (exact) mass is 945 g/mol. The molecule has 0 aromatic rings. The minimum atomic E-state index is -0.813. The van der Waals surface area contributed by atoms with E-state index in [0.29, 0.717) is 19.3 Å². The molecule has 0 aromatic heterocycles. The molecule has 0 bridgehead atoms. The van der Waals surface area contributed by atoms with Gasteiger partial charge in [-0.15, -0.1) is 0 Å². The van der Waals surface area contributed by atoms with E-state index in [1.807, 2.05) is 6.08 Å². The predicted octanol–water partition coefficient (Wildman–Crippen LogP) is 18.9. The van der Waals surface area contributed by atoms with Gasteiger partial charge in [0, 0.05) is 19.3 Å². The van der Waals surface area contributed by atoms with Gasteiger partial charge in [0.25, 0.3) is 0 Å². The highest BCUT2D eigenvalue weighted by Gasteiger charge is 2.19. The van der Waals surface area contributed by atoms with Crippen LogP contribution in [-0.4, -0.2) is 37.2 Å². The molecule has 0 fully saturated rings. The lowest BCUT2D eigenvalue weighted by Gasteiger charge is -2.18. The van der Waals surface area contributed by atoms with Crippen LogP contribution in [-0.2, 0) is 28.6 Å². The topological polar surface area (TPSA) is 78.9 Å². The molecule has 68 heavy (non-hydrogen) atoms. The van der Waals surface area contributed by atoms with E-state index in [-0.39, 0.29) is 37.5 Å². The molecule has 0 aromatic carbocycles. The van der Waals surface area contributed by atoms with Gasteiger partial charge in [0.1, 0.15) is 13.2 Å². The summed E-state index contributed by atoms with van der Waals surface area (Å²) in [6.07, 6.45) is 74.0. The molecule has 6 heteroatoms. The smallest absolute Gasteiger partial charge is 0.306 e. The maximum absolute atomic E-state index is 12.8. The Labute approximate surface area is 419 Å². The van der Waals surface area contributed by atoms with Crippen LogP contribution in [0.2, 0.25) is 0 Å². The van der Waals surface area contributed by atoms with Crippen LogP contribution in [0, 0.1) is 0 Å². The molecule has 0 amide bonds. The fourth-order valence-electron chi connectivity index (χ4n) is 7.60. The molecule has 6 nitrogen and oxygen atoms in total. The fraction of sp³-hybridized carbons (Fsp3) is 0.694. The van der Waals surface area contributed by atoms with Crippen LogP contribution in [0.5, 0.6) is 0 Å². The van der Waals surface area contributed by atoms with E-state index in [1.165, 1.54) is 109 Å². The number of carbonyl (C=O) groups is 3. The van der Waals surface area contributed by atoms with Crippen molar-refractivity contribution in [1.29, 1.82) is 0 Å². The average molecular weight is 946 g/mol. The Hall–Kier alpha value is -3.67. The van der Waals surface area contributed by atoms with E-state index in [9.17, 15) is 14.4 Å². The van der Waals surface area contributed by atoms with Crippen molar-refractivity contribution >= 4 is 17.9 Å². The SMILES string of the molecule is CC/C=C/C/C=C/C/C=C/C/C=C/C/C=C/C/C=C/CCC(=O)OC[C@@H](COC(=O)CCCCCCC/C=C/C/C=C/CCCC)OC(=O)CCCCCCCCCCCCCCCCCCC. The average Bonchev–Trinajstić information content (AvgIpc) is 3.34. The predicted molar refractivity (Wildman–Crippen MR) is 293 cm³/mol. The zero-order valence-electron chi connectivity index (χ0n) is 44.3. The quantitative estimate of drug-likeness (QED) is 0.0262. The van der Waals surface area contributed by atoms with Gasteiger partial charge in [0.2, 0.25) is 0 Å². The van der Waals surface area contributed by atoms with Crippen molar-refractivity contribution in [3.8, 4) is 0 Å². The first-order chi connectivity index (χ1) is 33.5. The molecule has 0 heterocycles. The summed E-state index contributed by atoms with van der Waals surface area (Å²) in [4.78, 5) is 38.1. The Morgan fingerprint density at radius 2 is 0.618 bits per heavy atom. The number of unbranched alkanes of at least 4 members (excludes halogenated alkanes) is 23. The van der Waals surface area contributed by atoms with Crippen LogP contribution in [0.1, 0.15) is 258 Å². The summed E-state index contributed by atoms with van der Waals surface area (Å²) in [5.74, 6) is -1.00. The van der Waals surface area contributed by atoms with Crippen molar-refractivity contribution in [2.24, 2.45) is 0 Å². The van der Waals surface area contributed by atoms with Gasteiger partial charge in [0.15, 0.2) is 6.10 Å². The van der Waals surface area contributed by atoms with Crippen LogP contribution in [0.4, 0.5) is 0 Å². The van der Waals surface area contributed by atoms with E-state index in [4.69, 9.17) is 14.2 Å². The Balaban J connectivity index is 4.50. The van der Waals surface area contributed by atoms with Crippen molar-refractivity contribution in [2.45, 2.75) is 264 Å². The molecule has 0 aliphatic carbocycles. The molecule has 0 N–H and O–H groups in total. The second-order valence-electron chi connectivity index (χ2n) is 18.5. The summed E-state index contributed by atoms with van der Waals surface area (Å²) in [6.45, 7) is 6.42. The maximum Gasteiger partial charge on any atom is 0.306 e. The van der Waals surface area contributed by atoms with Crippen molar-refractivity contribution < 1.29 is 28.6 Å². The molecule has 0 unspecified atom stereocenters. The Kier molecular flexibility index (Phi) is 52.9. The molecule has 0 saturated carbocycles. The van der Waals surface area contributed by atoms with Crippen molar-refractivity contribution in [1.82, 2.24) is 0 Å². The van der Waals surface area contributed by atoms with Gasteiger partial charge in [-0.1, -0.05) is 253 Å². The van der Waals surface area contributed by atoms with Gasteiger partial charge in [-0.25, -0.2) is 0 Å². The third-order valence-corrected chi connectivity index (χ3v) is 11.8. The number of ether oxygens (including phenoxy) is 3. The molecule has 0 aliphatic rings. The number of carbonyl (C=O) groups excluding carboxylic acids is 3. The van der Waals surface area contributed by atoms with Gasteiger partial charge in [-0.3, -0.25) is 14.4 Å². The molecule has 0 radical (unpaired) electrons. The van der Waals surface area contributed by atoms with Crippen LogP contribution >= 0.6 is 0 Å². The summed E-state index contributed by atoms with van der Waals surface area (Å²) < 4.78 is 16.8. The summed E-state index contributed by atoms with van der Waals surface area (Å²) in [6, 6.07) is 0.